The number of hydrogen-bond donors (Lipinski definition) is 2. The van der Waals surface area contributed by atoms with Crippen LogP contribution in [0.4, 0.5) is 0 Å². The quantitative estimate of drug-likeness (QED) is 0.318. The third-order valence-electron chi connectivity index (χ3n) is 0.578. The zero-order valence-corrected chi connectivity index (χ0v) is 4.66. The number of nitrogens with zero attached hydrogens (tertiary/aromatic N) is 2. The highest BCUT2D eigenvalue weighted by atomic mass is 16.6. The smallest absolute Gasteiger partial charge is 0.230 e. The first-order valence-electron chi connectivity index (χ1n) is 2.37. The third kappa shape index (κ3) is 3.20. The van der Waals surface area contributed by atoms with E-state index in [0.29, 0.717) is 6.54 Å². The van der Waals surface area contributed by atoms with Crippen LogP contribution >= 0.6 is 0 Å². The SMILES string of the molecule is CCCN[N+]([O-])=NO. The van der Waals surface area contributed by atoms with Gasteiger partial charge in [-0.3, -0.25) is 0 Å². The minimum Gasteiger partial charge on any atom is -0.569 e. The number of hydrazine groups is 1. The normalized spacial score (nSPS) is 11.4. The molecule has 0 rings (SSSR count). The maximum atomic E-state index is 9.96. The maximum absolute atomic E-state index is 9.96. The predicted molar refractivity (Wildman–Crippen MR) is 26.1 cm³/mol. The van der Waals surface area contributed by atoms with Gasteiger partial charge in [-0.05, 0) is 6.42 Å². The van der Waals surface area contributed by atoms with E-state index in [1.807, 2.05) is 6.92 Å². The van der Waals surface area contributed by atoms with Gasteiger partial charge in [0.2, 0.25) is 5.28 Å². The Bertz CT molecular complexity index is 82.6. The summed E-state index contributed by atoms with van der Waals surface area (Å²) in [6, 6.07) is 0. The minimum atomic E-state index is 0.0174. The number of nitrogens with one attached hydrogen (secondary N) is 1. The van der Waals surface area contributed by atoms with Gasteiger partial charge in [-0.2, -0.15) is 5.43 Å². The Morgan fingerprint density at radius 1 is 1.88 bits per heavy atom. The van der Waals surface area contributed by atoms with Crippen molar-refractivity contribution in [3.05, 3.63) is 5.21 Å². The minimum absolute atomic E-state index is 0.0174. The van der Waals surface area contributed by atoms with Crippen molar-refractivity contribution in [1.29, 1.82) is 0 Å². The zero-order chi connectivity index (χ0) is 6.41. The Morgan fingerprint density at radius 3 is 2.88 bits per heavy atom. The highest BCUT2D eigenvalue weighted by molar-refractivity contribution is 4.23. The van der Waals surface area contributed by atoms with Crippen LogP contribution < -0.4 is 5.43 Å². The largest absolute Gasteiger partial charge is 0.569 e. The highest BCUT2D eigenvalue weighted by Crippen LogP contribution is 1.69. The van der Waals surface area contributed by atoms with Crippen LogP contribution in [0.1, 0.15) is 13.3 Å². The van der Waals surface area contributed by atoms with E-state index in [0.717, 1.165) is 6.42 Å². The first-order valence-corrected chi connectivity index (χ1v) is 2.37. The molecule has 0 aromatic carbocycles. The van der Waals surface area contributed by atoms with Gasteiger partial charge in [-0.1, -0.05) is 6.92 Å². The highest BCUT2D eigenvalue weighted by Gasteiger charge is 1.86. The number of hydrogen-bond acceptors (Lipinski definition) is 2. The summed E-state index contributed by atoms with van der Waals surface area (Å²) in [5.74, 6) is 0. The molecule has 0 saturated heterocycles. The molecule has 5 heteroatoms. The molecule has 0 bridgehead atoms. The van der Waals surface area contributed by atoms with Crippen LogP contribution in [-0.4, -0.2) is 16.7 Å². The zero-order valence-electron chi connectivity index (χ0n) is 4.66. The lowest BCUT2D eigenvalue weighted by molar-refractivity contribution is -0.611. The molecular formula is C3H9N3O2. The Balaban J connectivity index is 3.12. The van der Waals surface area contributed by atoms with Crippen molar-refractivity contribution in [1.82, 2.24) is 5.43 Å². The third-order valence-corrected chi connectivity index (χ3v) is 0.578. The molecule has 0 atom stereocenters. The monoisotopic (exact) mass is 119 g/mol. The molecule has 0 saturated carbocycles. The summed E-state index contributed by atoms with van der Waals surface area (Å²) in [7, 11) is 0. The first kappa shape index (κ1) is 7.00. The fourth-order valence-electron chi connectivity index (χ4n) is 0.239. The molecule has 8 heavy (non-hydrogen) atoms. The molecule has 0 aliphatic heterocycles. The van der Waals surface area contributed by atoms with Crippen molar-refractivity contribution < 1.29 is 10.2 Å². The van der Waals surface area contributed by atoms with Gasteiger partial charge in [0, 0.05) is 0 Å². The van der Waals surface area contributed by atoms with Crippen molar-refractivity contribution in [3.63, 3.8) is 0 Å². The molecule has 0 radical (unpaired) electrons. The number of rotatable bonds is 3. The summed E-state index contributed by atoms with van der Waals surface area (Å²) in [5, 5.41) is 20.0. The second kappa shape index (κ2) is 4.17. The van der Waals surface area contributed by atoms with E-state index in [9.17, 15) is 5.21 Å². The van der Waals surface area contributed by atoms with Gasteiger partial charge in [0.15, 0.2) is 0 Å². The molecule has 0 fully saturated rings. The molecule has 0 aliphatic rings. The lowest BCUT2D eigenvalue weighted by atomic mass is 10.5. The van der Waals surface area contributed by atoms with Crippen LogP contribution in [0.25, 0.3) is 0 Å². The second-order valence-electron chi connectivity index (χ2n) is 1.27. The van der Waals surface area contributed by atoms with E-state index < -0.39 is 0 Å². The summed E-state index contributed by atoms with van der Waals surface area (Å²) in [5.41, 5.74) is 2.24. The molecule has 5 nitrogen and oxygen atoms in total. The lowest BCUT2D eigenvalue weighted by Crippen LogP contribution is -2.22. The van der Waals surface area contributed by atoms with E-state index in [1.54, 1.807) is 0 Å². The van der Waals surface area contributed by atoms with Crippen molar-refractivity contribution >= 4 is 0 Å². The first-order chi connectivity index (χ1) is 3.81. The molecule has 0 amide bonds. The van der Waals surface area contributed by atoms with Crippen LogP contribution in [0.5, 0.6) is 0 Å². The molecule has 2 N–H and O–H groups in total. The Kier molecular flexibility index (Phi) is 3.65. The summed E-state index contributed by atoms with van der Waals surface area (Å²) < 4.78 is 0. The molecule has 0 aromatic rings. The van der Waals surface area contributed by atoms with Gasteiger partial charge in [-0.25, -0.2) is 0 Å². The van der Waals surface area contributed by atoms with Crippen LogP contribution in [0.3, 0.4) is 0 Å². The van der Waals surface area contributed by atoms with Crippen LogP contribution in [0.15, 0.2) is 5.28 Å². The fourth-order valence-corrected chi connectivity index (χ4v) is 0.239. The van der Waals surface area contributed by atoms with Gasteiger partial charge in [-0.15, -0.1) is 0 Å². The Hall–Kier alpha value is -1.00. The van der Waals surface area contributed by atoms with Crippen molar-refractivity contribution in [2.24, 2.45) is 5.28 Å². The fraction of sp³-hybridized carbons (Fsp3) is 1.00. The lowest BCUT2D eigenvalue weighted by Gasteiger charge is -1.95. The van der Waals surface area contributed by atoms with E-state index in [2.05, 4.69) is 10.7 Å². The maximum Gasteiger partial charge on any atom is 0.230 e. The van der Waals surface area contributed by atoms with E-state index >= 15 is 0 Å². The van der Waals surface area contributed by atoms with Crippen molar-refractivity contribution in [2.45, 2.75) is 13.3 Å². The van der Waals surface area contributed by atoms with Gasteiger partial charge in [0.1, 0.15) is 0 Å². The molecule has 0 heterocycles. The summed E-state index contributed by atoms with van der Waals surface area (Å²) >= 11 is 0. The van der Waals surface area contributed by atoms with Crippen LogP contribution in [0.2, 0.25) is 0 Å². The molecule has 0 aliphatic carbocycles. The van der Waals surface area contributed by atoms with Crippen molar-refractivity contribution in [2.75, 3.05) is 6.54 Å². The summed E-state index contributed by atoms with van der Waals surface area (Å²) in [4.78, 5) is 0.0174. The Labute approximate surface area is 47.1 Å². The van der Waals surface area contributed by atoms with Gasteiger partial charge >= 0.3 is 0 Å². The van der Waals surface area contributed by atoms with Crippen LogP contribution in [0, 0.1) is 5.21 Å². The van der Waals surface area contributed by atoms with E-state index in [-0.39, 0.29) is 4.97 Å². The molecule has 48 valence electrons. The van der Waals surface area contributed by atoms with E-state index in [4.69, 9.17) is 5.21 Å². The predicted octanol–water partition coefficient (Wildman–Crippen LogP) is 0.253. The molecule has 0 aromatic heterocycles. The molecule has 0 spiro atoms. The molecular weight excluding hydrogens is 110 g/mol. The summed E-state index contributed by atoms with van der Waals surface area (Å²) in [6.07, 6.45) is 0.828. The molecule has 0 unspecified atom stereocenters. The topological polar surface area (TPSA) is 70.7 Å². The Morgan fingerprint density at radius 2 is 2.50 bits per heavy atom. The van der Waals surface area contributed by atoms with Crippen molar-refractivity contribution in [3.8, 4) is 0 Å². The van der Waals surface area contributed by atoms with Gasteiger partial charge < -0.3 is 10.4 Å². The van der Waals surface area contributed by atoms with Gasteiger partial charge in [0.05, 0.1) is 11.5 Å². The second-order valence-corrected chi connectivity index (χ2v) is 1.27. The van der Waals surface area contributed by atoms with Gasteiger partial charge in [0.25, 0.3) is 0 Å². The average molecular weight is 119 g/mol. The average Bonchev–Trinajstić information content (AvgIpc) is 1.83. The van der Waals surface area contributed by atoms with Crippen LogP contribution in [-0.2, 0) is 0 Å². The standard InChI is InChI=1S/C3H9N3O2/c1-2-3-4-6(8)5-7/h7H,2-3H2,1H3,(H,4,5). The van der Waals surface area contributed by atoms with E-state index in [1.165, 1.54) is 0 Å². The summed E-state index contributed by atoms with van der Waals surface area (Å²) in [6.45, 7) is 2.42.